The van der Waals surface area contributed by atoms with Crippen molar-refractivity contribution < 1.29 is 23.5 Å². The van der Waals surface area contributed by atoms with Gasteiger partial charge < -0.3 is 14.4 Å². The highest BCUT2D eigenvalue weighted by molar-refractivity contribution is 6.31. The monoisotopic (exact) mass is 432 g/mol. The fourth-order valence-corrected chi connectivity index (χ4v) is 2.70. The van der Waals surface area contributed by atoms with Crippen molar-refractivity contribution in [2.45, 2.75) is 26.2 Å². The maximum absolute atomic E-state index is 13.1. The summed E-state index contributed by atoms with van der Waals surface area (Å²) in [4.78, 5) is 25.6. The van der Waals surface area contributed by atoms with Crippen LogP contribution in [0.15, 0.2) is 42.5 Å². The highest BCUT2D eigenvalue weighted by atomic mass is 35.5. The third-order valence-corrected chi connectivity index (χ3v) is 4.59. The summed E-state index contributed by atoms with van der Waals surface area (Å²) in [6.45, 7) is 1.84. The first kappa shape index (κ1) is 23.2. The number of carbonyl (C=O) groups excluding carboxylic acids is 2. The quantitative estimate of drug-likeness (QED) is 0.409. The second-order valence-electron chi connectivity index (χ2n) is 6.45. The number of nitriles is 1. The number of hydrogen-bond donors (Lipinski definition) is 0. The molecule has 0 unspecified atom stereocenters. The molecule has 1 amide bonds. The molecule has 0 N–H and O–H groups in total. The molecule has 0 radical (unpaired) electrons. The number of carbonyl (C=O) groups is 2. The number of rotatable bonds is 10. The smallest absolute Gasteiger partial charge is 0.306 e. The second-order valence-corrected chi connectivity index (χ2v) is 6.86. The number of benzene rings is 2. The fourth-order valence-electron chi connectivity index (χ4n) is 2.59. The van der Waals surface area contributed by atoms with Gasteiger partial charge in [-0.15, -0.1) is 0 Å². The Labute approximate surface area is 179 Å². The van der Waals surface area contributed by atoms with E-state index in [-0.39, 0.29) is 19.4 Å². The molecular weight excluding hydrogens is 411 g/mol. The largest absolute Gasteiger partial charge is 0.494 e. The van der Waals surface area contributed by atoms with Gasteiger partial charge in [-0.05, 0) is 61.4 Å². The van der Waals surface area contributed by atoms with Gasteiger partial charge >= 0.3 is 5.97 Å². The van der Waals surface area contributed by atoms with Gasteiger partial charge in [-0.25, -0.2) is 4.39 Å². The minimum atomic E-state index is -0.529. The van der Waals surface area contributed by atoms with E-state index in [9.17, 15) is 14.0 Å². The third-order valence-electron chi connectivity index (χ3n) is 4.17. The fraction of sp³-hybridized carbons (Fsp3) is 0.318. The van der Waals surface area contributed by atoms with Crippen LogP contribution in [0.2, 0.25) is 5.02 Å². The average Bonchev–Trinajstić information content (AvgIpc) is 2.73. The molecule has 158 valence electrons. The number of amides is 1. The summed E-state index contributed by atoms with van der Waals surface area (Å²) in [5, 5.41) is 9.44. The predicted molar refractivity (Wildman–Crippen MR) is 111 cm³/mol. The molecule has 0 aromatic heterocycles. The molecule has 0 fully saturated rings. The van der Waals surface area contributed by atoms with Gasteiger partial charge in [0.25, 0.3) is 5.91 Å². The summed E-state index contributed by atoms with van der Waals surface area (Å²) in [6.07, 6.45) is 0.609. The van der Waals surface area contributed by atoms with E-state index in [0.717, 1.165) is 5.56 Å². The Morgan fingerprint density at radius 3 is 2.60 bits per heavy atom. The molecule has 2 aromatic carbocycles. The first-order valence-electron chi connectivity index (χ1n) is 9.38. The first-order valence-corrected chi connectivity index (χ1v) is 9.76. The molecule has 6 nitrogen and oxygen atoms in total. The number of anilines is 1. The van der Waals surface area contributed by atoms with Crippen LogP contribution in [0.3, 0.4) is 0 Å². The number of aryl methyl sites for hydroxylation is 1. The van der Waals surface area contributed by atoms with Crippen LogP contribution < -0.4 is 9.64 Å². The maximum atomic E-state index is 13.1. The summed E-state index contributed by atoms with van der Waals surface area (Å²) < 4.78 is 23.7. The van der Waals surface area contributed by atoms with Crippen molar-refractivity contribution >= 4 is 29.2 Å². The Balaban J connectivity index is 1.77. The summed E-state index contributed by atoms with van der Waals surface area (Å²) in [6, 6.07) is 12.6. The third kappa shape index (κ3) is 7.37. The summed E-state index contributed by atoms with van der Waals surface area (Å²) >= 11 is 5.96. The summed E-state index contributed by atoms with van der Waals surface area (Å²) in [5.74, 6) is -0.793. The zero-order valence-electron chi connectivity index (χ0n) is 16.6. The normalized spacial score (nSPS) is 10.2. The zero-order valence-corrected chi connectivity index (χ0v) is 17.3. The molecule has 0 heterocycles. The first-order chi connectivity index (χ1) is 14.4. The van der Waals surface area contributed by atoms with Crippen molar-refractivity contribution in [3.8, 4) is 11.8 Å². The lowest BCUT2D eigenvalue weighted by Gasteiger charge is -2.21. The Bertz CT molecular complexity index is 912. The molecule has 0 bridgehead atoms. The molecule has 0 saturated heterocycles. The van der Waals surface area contributed by atoms with E-state index in [2.05, 4.69) is 0 Å². The maximum Gasteiger partial charge on any atom is 0.306 e. The number of ether oxygens (including phenoxy) is 2. The minimum absolute atomic E-state index is 0.0919. The standard InChI is InChI=1S/C22H22ClFN2O4/c1-16-14-19(9-10-20(16)23)29-13-2-4-22(28)30-15-21(27)26(12-3-11-25)18-7-5-17(24)6-8-18/h5-10,14H,2-4,12-13,15H2,1H3. The molecule has 0 aliphatic heterocycles. The van der Waals surface area contributed by atoms with E-state index < -0.39 is 24.3 Å². The van der Waals surface area contributed by atoms with Gasteiger partial charge in [0, 0.05) is 23.7 Å². The molecule has 2 aromatic rings. The van der Waals surface area contributed by atoms with Gasteiger partial charge in [-0.2, -0.15) is 5.26 Å². The van der Waals surface area contributed by atoms with Crippen LogP contribution in [-0.2, 0) is 14.3 Å². The molecule has 0 aliphatic carbocycles. The lowest BCUT2D eigenvalue weighted by Crippen LogP contribution is -2.35. The van der Waals surface area contributed by atoms with Gasteiger partial charge in [0.2, 0.25) is 0 Å². The van der Waals surface area contributed by atoms with Crippen molar-refractivity contribution in [3.05, 3.63) is 58.9 Å². The molecule has 8 heteroatoms. The zero-order chi connectivity index (χ0) is 21.9. The summed E-state index contributed by atoms with van der Waals surface area (Å²) in [7, 11) is 0. The van der Waals surface area contributed by atoms with Gasteiger partial charge in [0.1, 0.15) is 11.6 Å². The van der Waals surface area contributed by atoms with E-state index in [1.807, 2.05) is 19.1 Å². The topological polar surface area (TPSA) is 79.6 Å². The van der Waals surface area contributed by atoms with Crippen LogP contribution in [0.25, 0.3) is 0 Å². The van der Waals surface area contributed by atoms with Crippen LogP contribution in [0.5, 0.6) is 5.75 Å². The lowest BCUT2D eigenvalue weighted by atomic mass is 10.2. The van der Waals surface area contributed by atoms with Crippen molar-refractivity contribution in [1.82, 2.24) is 0 Å². The van der Waals surface area contributed by atoms with Crippen molar-refractivity contribution in [2.24, 2.45) is 0 Å². The van der Waals surface area contributed by atoms with Crippen LogP contribution in [0.4, 0.5) is 10.1 Å². The highest BCUT2D eigenvalue weighted by Gasteiger charge is 2.17. The molecule has 30 heavy (non-hydrogen) atoms. The van der Waals surface area contributed by atoms with Crippen molar-refractivity contribution in [1.29, 1.82) is 5.26 Å². The van der Waals surface area contributed by atoms with Gasteiger partial charge in [0.15, 0.2) is 6.61 Å². The lowest BCUT2D eigenvalue weighted by molar-refractivity contribution is -0.148. The molecule has 0 spiro atoms. The number of nitrogens with zero attached hydrogens (tertiary/aromatic N) is 2. The molecule has 0 saturated carbocycles. The van der Waals surface area contributed by atoms with Gasteiger partial charge in [-0.1, -0.05) is 11.6 Å². The van der Waals surface area contributed by atoms with E-state index in [1.165, 1.54) is 29.2 Å². The van der Waals surface area contributed by atoms with Crippen molar-refractivity contribution in [3.63, 3.8) is 0 Å². The Kier molecular flexibility index (Phi) is 9.10. The highest BCUT2D eigenvalue weighted by Crippen LogP contribution is 2.21. The summed E-state index contributed by atoms with van der Waals surface area (Å²) in [5.41, 5.74) is 1.33. The van der Waals surface area contributed by atoms with Crippen LogP contribution >= 0.6 is 11.6 Å². The van der Waals surface area contributed by atoms with E-state index in [4.69, 9.17) is 26.3 Å². The molecule has 0 aliphatic rings. The number of halogens is 2. The van der Waals surface area contributed by atoms with Crippen LogP contribution in [0, 0.1) is 24.1 Å². The second kappa shape index (κ2) is 11.8. The number of esters is 1. The Morgan fingerprint density at radius 2 is 1.93 bits per heavy atom. The van der Waals surface area contributed by atoms with Gasteiger partial charge in [0.05, 0.1) is 19.1 Å². The number of hydrogen-bond acceptors (Lipinski definition) is 5. The average molecular weight is 433 g/mol. The Hall–Kier alpha value is -3.11. The van der Waals surface area contributed by atoms with Crippen molar-refractivity contribution in [2.75, 3.05) is 24.7 Å². The molecule has 0 atom stereocenters. The van der Waals surface area contributed by atoms with Crippen LogP contribution in [-0.4, -0.2) is 31.6 Å². The van der Waals surface area contributed by atoms with Gasteiger partial charge in [-0.3, -0.25) is 9.59 Å². The Morgan fingerprint density at radius 1 is 1.20 bits per heavy atom. The molecular formula is C22H22ClFN2O4. The predicted octanol–water partition coefficient (Wildman–Crippen LogP) is 4.44. The minimum Gasteiger partial charge on any atom is -0.494 e. The molecule has 2 rings (SSSR count). The van der Waals surface area contributed by atoms with E-state index in [0.29, 0.717) is 29.5 Å². The van der Waals surface area contributed by atoms with E-state index >= 15 is 0 Å². The SMILES string of the molecule is Cc1cc(OCCCC(=O)OCC(=O)N(CCC#N)c2ccc(F)cc2)ccc1Cl. The van der Waals surface area contributed by atoms with Crippen LogP contribution in [0.1, 0.15) is 24.8 Å². The van der Waals surface area contributed by atoms with E-state index in [1.54, 1.807) is 12.1 Å².